The number of nitrogens with zero attached hydrogens (tertiary/aromatic N) is 1. The van der Waals surface area contributed by atoms with Gasteiger partial charge in [0.15, 0.2) is 5.43 Å². The Kier molecular flexibility index (Phi) is 8.47. The molecule has 2 bridgehead atoms. The summed E-state index contributed by atoms with van der Waals surface area (Å²) in [6.45, 7) is 1.81. The zero-order valence-electron chi connectivity index (χ0n) is 21.2. The van der Waals surface area contributed by atoms with Crippen LogP contribution in [0.5, 0.6) is 0 Å². The number of aryl methyl sites for hydroxylation is 1. The van der Waals surface area contributed by atoms with Crippen molar-refractivity contribution < 1.29 is 24.2 Å². The molecule has 0 radical (unpaired) electrons. The summed E-state index contributed by atoms with van der Waals surface area (Å²) in [4.78, 5) is 42.1. The van der Waals surface area contributed by atoms with E-state index in [-0.39, 0.29) is 30.8 Å². The molecule has 0 saturated carbocycles. The topological polar surface area (TPSA) is 109 Å². The van der Waals surface area contributed by atoms with E-state index in [9.17, 15) is 19.5 Å². The summed E-state index contributed by atoms with van der Waals surface area (Å²) in [5, 5.41) is 12.1. The van der Waals surface area contributed by atoms with Crippen molar-refractivity contribution in [2.75, 3.05) is 26.8 Å². The number of esters is 2. The van der Waals surface area contributed by atoms with E-state index >= 15 is 0 Å². The molecule has 0 spiro atoms. The highest BCUT2D eigenvalue weighted by molar-refractivity contribution is 5.77. The summed E-state index contributed by atoms with van der Waals surface area (Å²) < 4.78 is 9.73. The molecular formula is C29H34N2O6. The minimum absolute atomic E-state index is 0.0209. The Morgan fingerprint density at radius 3 is 2.57 bits per heavy atom. The summed E-state index contributed by atoms with van der Waals surface area (Å²) in [5.74, 6) is 1.77. The average molecular weight is 507 g/mol. The molecule has 8 nitrogen and oxygen atoms in total. The Labute approximate surface area is 217 Å². The van der Waals surface area contributed by atoms with Crippen LogP contribution in [0.1, 0.15) is 54.6 Å². The number of ether oxygens (including phenoxy) is 2. The van der Waals surface area contributed by atoms with E-state index in [0.29, 0.717) is 36.2 Å². The maximum Gasteiger partial charge on any atom is 0.306 e. The number of carbonyl (C=O) groups is 2. The summed E-state index contributed by atoms with van der Waals surface area (Å²) in [6.07, 6.45) is 8.87. The molecule has 3 aliphatic rings. The predicted molar refractivity (Wildman–Crippen MR) is 138 cm³/mol. The van der Waals surface area contributed by atoms with Gasteiger partial charge < -0.3 is 19.6 Å². The summed E-state index contributed by atoms with van der Waals surface area (Å²) in [5.41, 5.74) is 1.10. The van der Waals surface area contributed by atoms with Crippen molar-refractivity contribution in [3.63, 3.8) is 0 Å². The highest BCUT2D eigenvalue weighted by Gasteiger charge is 2.55. The van der Waals surface area contributed by atoms with Crippen LogP contribution in [0.3, 0.4) is 0 Å². The lowest BCUT2D eigenvalue weighted by Crippen LogP contribution is -2.64. The fraction of sp³-hybridized carbons (Fsp3) is 0.483. The van der Waals surface area contributed by atoms with Gasteiger partial charge in [-0.3, -0.25) is 19.3 Å². The van der Waals surface area contributed by atoms with Gasteiger partial charge in [0.25, 0.3) is 0 Å². The second-order valence-electron chi connectivity index (χ2n) is 9.78. The highest BCUT2D eigenvalue weighted by atomic mass is 16.5. The second-order valence-corrected chi connectivity index (χ2v) is 9.78. The SMILES string of the molecule is C#CC1N2CCC(CC2)C1(O)c1c(Cc2ccccc2)[nH]c(CCCOC(=O)CCC(=O)OC)cc1=O. The summed E-state index contributed by atoms with van der Waals surface area (Å²) in [6, 6.07) is 10.8. The number of fused-ring (bicyclic) bond motifs is 3. The minimum Gasteiger partial charge on any atom is -0.469 e. The van der Waals surface area contributed by atoms with Crippen LogP contribution in [0.4, 0.5) is 0 Å². The molecule has 2 unspecified atom stereocenters. The normalized spacial score (nSPS) is 24.3. The quantitative estimate of drug-likeness (QED) is 0.289. The molecule has 3 fully saturated rings. The van der Waals surface area contributed by atoms with Gasteiger partial charge in [0.1, 0.15) is 11.6 Å². The molecule has 0 amide bonds. The molecule has 1 aromatic carbocycles. The van der Waals surface area contributed by atoms with Gasteiger partial charge in [-0.15, -0.1) is 6.42 Å². The largest absolute Gasteiger partial charge is 0.469 e. The van der Waals surface area contributed by atoms with Gasteiger partial charge in [-0.05, 0) is 50.3 Å². The molecule has 4 heterocycles. The van der Waals surface area contributed by atoms with Crippen LogP contribution in [-0.2, 0) is 37.5 Å². The van der Waals surface area contributed by atoms with Gasteiger partial charge in [0, 0.05) is 23.9 Å². The Morgan fingerprint density at radius 1 is 1.19 bits per heavy atom. The molecular weight excluding hydrogens is 472 g/mol. The molecule has 37 heavy (non-hydrogen) atoms. The molecule has 3 aliphatic heterocycles. The molecule has 2 atom stereocenters. The lowest BCUT2D eigenvalue weighted by atomic mass is 9.66. The van der Waals surface area contributed by atoms with E-state index in [1.54, 1.807) is 0 Å². The highest BCUT2D eigenvalue weighted by Crippen LogP contribution is 2.46. The number of hydrogen-bond acceptors (Lipinski definition) is 7. The zero-order chi connectivity index (χ0) is 26.4. The van der Waals surface area contributed by atoms with Crippen LogP contribution < -0.4 is 5.43 Å². The Hall–Kier alpha value is -3.41. The molecule has 0 aliphatic carbocycles. The number of nitrogens with one attached hydrogen (secondary N) is 1. The molecule has 5 rings (SSSR count). The zero-order valence-corrected chi connectivity index (χ0v) is 21.2. The van der Waals surface area contributed by atoms with Crippen LogP contribution in [-0.4, -0.2) is 59.8 Å². The minimum atomic E-state index is -1.42. The molecule has 8 heteroatoms. The molecule has 1 aromatic heterocycles. The van der Waals surface area contributed by atoms with Gasteiger partial charge in [-0.1, -0.05) is 36.3 Å². The number of methoxy groups -OCH3 is 1. The third-order valence-corrected chi connectivity index (χ3v) is 7.50. The number of pyridine rings is 1. The first-order valence-electron chi connectivity index (χ1n) is 12.8. The van der Waals surface area contributed by atoms with Crippen LogP contribution in [0.2, 0.25) is 0 Å². The van der Waals surface area contributed by atoms with E-state index < -0.39 is 23.6 Å². The Bertz CT molecular complexity index is 1210. The van der Waals surface area contributed by atoms with Gasteiger partial charge in [-0.2, -0.15) is 0 Å². The second kappa shape index (κ2) is 11.8. The van der Waals surface area contributed by atoms with Gasteiger partial charge >= 0.3 is 11.9 Å². The third-order valence-electron chi connectivity index (χ3n) is 7.50. The van der Waals surface area contributed by atoms with E-state index in [2.05, 4.69) is 20.5 Å². The van der Waals surface area contributed by atoms with Crippen molar-refractivity contribution in [2.45, 2.75) is 56.6 Å². The standard InChI is InChI=1S/C29H34N2O6/c1-3-25-29(35,21-13-15-31(25)16-14-21)28-23(18-20-8-5-4-6-9-20)30-22(19-24(28)32)10-7-17-37-27(34)12-11-26(33)36-2/h1,4-6,8-9,19,21,25,35H,7,10-18H2,2H3,(H,30,32). The maximum absolute atomic E-state index is 13.6. The monoisotopic (exact) mass is 506 g/mol. The Morgan fingerprint density at radius 2 is 1.89 bits per heavy atom. The van der Waals surface area contributed by atoms with Crippen LogP contribution in [0.25, 0.3) is 0 Å². The van der Waals surface area contributed by atoms with E-state index in [1.807, 2.05) is 30.3 Å². The van der Waals surface area contributed by atoms with Gasteiger partial charge in [0.2, 0.25) is 0 Å². The first-order valence-corrected chi connectivity index (χ1v) is 12.8. The maximum atomic E-state index is 13.6. The lowest BCUT2D eigenvalue weighted by Gasteiger charge is -2.54. The fourth-order valence-corrected chi connectivity index (χ4v) is 5.68. The number of aliphatic hydroxyl groups is 1. The van der Waals surface area contributed by atoms with Crippen molar-refractivity contribution in [1.29, 1.82) is 0 Å². The lowest BCUT2D eigenvalue weighted by molar-refractivity contribution is -0.149. The number of carbonyl (C=O) groups excluding carboxylic acids is 2. The van der Waals surface area contributed by atoms with Crippen molar-refractivity contribution in [1.82, 2.24) is 9.88 Å². The smallest absolute Gasteiger partial charge is 0.306 e. The Balaban J connectivity index is 1.56. The average Bonchev–Trinajstić information content (AvgIpc) is 2.90. The van der Waals surface area contributed by atoms with E-state index in [1.165, 1.54) is 13.2 Å². The fourth-order valence-electron chi connectivity index (χ4n) is 5.68. The van der Waals surface area contributed by atoms with E-state index in [0.717, 1.165) is 31.5 Å². The van der Waals surface area contributed by atoms with Crippen LogP contribution in [0.15, 0.2) is 41.2 Å². The molecule has 196 valence electrons. The number of rotatable bonds is 10. The molecule has 2 N–H and O–H groups in total. The number of benzene rings is 1. The van der Waals surface area contributed by atoms with Crippen LogP contribution in [0, 0.1) is 18.3 Å². The number of aromatic nitrogens is 1. The number of terminal acetylenes is 1. The number of piperidine rings is 3. The molecule has 2 aromatic rings. The van der Waals surface area contributed by atoms with Crippen molar-refractivity contribution in [2.24, 2.45) is 5.92 Å². The van der Waals surface area contributed by atoms with Crippen molar-refractivity contribution >= 4 is 11.9 Å². The van der Waals surface area contributed by atoms with Crippen molar-refractivity contribution in [3.8, 4) is 12.3 Å². The number of aromatic amines is 1. The summed E-state index contributed by atoms with van der Waals surface area (Å²) >= 11 is 0. The van der Waals surface area contributed by atoms with Gasteiger partial charge in [-0.25, -0.2) is 0 Å². The molecule has 3 saturated heterocycles. The first kappa shape index (κ1) is 26.6. The van der Waals surface area contributed by atoms with Gasteiger partial charge in [0.05, 0.1) is 32.1 Å². The summed E-state index contributed by atoms with van der Waals surface area (Å²) in [7, 11) is 1.27. The third kappa shape index (κ3) is 5.79. The van der Waals surface area contributed by atoms with Crippen LogP contribution >= 0.6 is 0 Å². The number of hydrogen-bond donors (Lipinski definition) is 2. The van der Waals surface area contributed by atoms with Crippen molar-refractivity contribution in [3.05, 3.63) is 69.1 Å². The van der Waals surface area contributed by atoms with E-state index in [4.69, 9.17) is 11.2 Å². The first-order chi connectivity index (χ1) is 17.9. The number of H-pyrrole nitrogens is 1. The predicted octanol–water partition coefficient (Wildman–Crippen LogP) is 2.31.